The van der Waals surface area contributed by atoms with Gasteiger partial charge in [-0.05, 0) is 102 Å². The third kappa shape index (κ3) is 4.20. The topological polar surface area (TPSA) is 36.7 Å². The number of benzene rings is 7. The molecular formula is C50H36N2. The van der Waals surface area contributed by atoms with Gasteiger partial charge in [-0.25, -0.2) is 4.98 Å². The summed E-state index contributed by atoms with van der Waals surface area (Å²) in [5, 5.41) is 13.5. The van der Waals surface area contributed by atoms with Gasteiger partial charge in [-0.3, -0.25) is 0 Å². The number of hydrogen-bond acceptors (Lipinski definition) is 2. The number of aromatic nitrogens is 1. The van der Waals surface area contributed by atoms with Crippen molar-refractivity contribution in [2.75, 3.05) is 0 Å². The zero-order valence-electron chi connectivity index (χ0n) is 29.8. The standard InChI is InChI=1S/C50H36N2/c1-49(2)43-19-11-9-16-35(43)37-23-21-30(25-45(37)49)40-27-42-41(31-22-24-38-36-17-10-12-20-44(36)50(3,4)46(38)26-31)28-47(33-14-6-5-13-32(33)29-51)52-48(42)39-18-8-7-15-34(39)40/h5-28H,1-4H3. The van der Waals surface area contributed by atoms with Gasteiger partial charge in [0.1, 0.15) is 0 Å². The van der Waals surface area contributed by atoms with Gasteiger partial charge in [0.05, 0.1) is 22.8 Å². The zero-order chi connectivity index (χ0) is 35.4. The Labute approximate surface area is 304 Å². The van der Waals surface area contributed by atoms with E-state index in [2.05, 4.69) is 155 Å². The van der Waals surface area contributed by atoms with Crippen LogP contribution < -0.4 is 0 Å². The molecule has 0 bridgehead atoms. The molecule has 2 heteroatoms. The van der Waals surface area contributed by atoms with E-state index in [0.717, 1.165) is 44.1 Å². The molecule has 0 amide bonds. The largest absolute Gasteiger partial charge is 0.247 e. The molecule has 0 fully saturated rings. The summed E-state index contributed by atoms with van der Waals surface area (Å²) >= 11 is 0. The van der Waals surface area contributed by atoms with Crippen molar-refractivity contribution in [3.8, 4) is 61.8 Å². The first-order valence-electron chi connectivity index (χ1n) is 18.1. The Kier molecular flexibility index (Phi) is 6.37. The van der Waals surface area contributed by atoms with Crippen LogP contribution >= 0.6 is 0 Å². The summed E-state index contributed by atoms with van der Waals surface area (Å²) in [5.41, 5.74) is 18.3. The van der Waals surface area contributed by atoms with Gasteiger partial charge in [0.25, 0.3) is 0 Å². The van der Waals surface area contributed by atoms with Crippen LogP contribution in [0.4, 0.5) is 0 Å². The van der Waals surface area contributed by atoms with E-state index in [0.29, 0.717) is 5.56 Å². The Morgan fingerprint density at radius 3 is 1.50 bits per heavy atom. The molecular weight excluding hydrogens is 629 g/mol. The first kappa shape index (κ1) is 30.5. The lowest BCUT2D eigenvalue weighted by Gasteiger charge is -2.23. The highest BCUT2D eigenvalue weighted by Crippen LogP contribution is 2.52. The summed E-state index contributed by atoms with van der Waals surface area (Å²) < 4.78 is 0. The zero-order valence-corrected chi connectivity index (χ0v) is 29.8. The molecule has 0 unspecified atom stereocenters. The Hall–Kier alpha value is -6.30. The van der Waals surface area contributed by atoms with Crippen molar-refractivity contribution < 1.29 is 0 Å². The predicted octanol–water partition coefficient (Wildman–Crippen LogP) is 12.9. The Morgan fingerprint density at radius 1 is 0.423 bits per heavy atom. The Balaban J connectivity index is 1.27. The van der Waals surface area contributed by atoms with Gasteiger partial charge in [-0.2, -0.15) is 5.26 Å². The third-order valence-electron chi connectivity index (χ3n) is 11.9. The molecule has 7 aromatic carbocycles. The van der Waals surface area contributed by atoms with Crippen molar-refractivity contribution in [3.63, 3.8) is 0 Å². The molecule has 1 aromatic heterocycles. The van der Waals surface area contributed by atoms with E-state index in [9.17, 15) is 5.26 Å². The molecule has 0 spiro atoms. The highest BCUT2D eigenvalue weighted by molar-refractivity contribution is 6.16. The summed E-state index contributed by atoms with van der Waals surface area (Å²) in [6.45, 7) is 9.35. The molecule has 2 aliphatic rings. The van der Waals surface area contributed by atoms with Crippen molar-refractivity contribution in [2.45, 2.75) is 38.5 Å². The minimum Gasteiger partial charge on any atom is -0.247 e. The van der Waals surface area contributed by atoms with Crippen LogP contribution in [0.25, 0.3) is 77.4 Å². The van der Waals surface area contributed by atoms with E-state index < -0.39 is 0 Å². The average molecular weight is 665 g/mol. The van der Waals surface area contributed by atoms with E-state index in [-0.39, 0.29) is 10.8 Å². The fraction of sp³-hybridized carbons (Fsp3) is 0.120. The van der Waals surface area contributed by atoms with Gasteiger partial charge in [-0.15, -0.1) is 0 Å². The van der Waals surface area contributed by atoms with Crippen molar-refractivity contribution in [1.82, 2.24) is 4.98 Å². The minimum atomic E-state index is -0.131. The maximum absolute atomic E-state index is 10.1. The summed E-state index contributed by atoms with van der Waals surface area (Å²) in [5.74, 6) is 0. The number of fused-ring (bicyclic) bond motifs is 9. The van der Waals surface area contributed by atoms with Crippen LogP contribution in [0.5, 0.6) is 0 Å². The lowest BCUT2D eigenvalue weighted by Crippen LogP contribution is -2.15. The lowest BCUT2D eigenvalue weighted by atomic mass is 9.81. The highest BCUT2D eigenvalue weighted by Gasteiger charge is 2.36. The predicted molar refractivity (Wildman–Crippen MR) is 215 cm³/mol. The van der Waals surface area contributed by atoms with Gasteiger partial charge in [0, 0.05) is 27.2 Å². The fourth-order valence-electron chi connectivity index (χ4n) is 9.22. The van der Waals surface area contributed by atoms with Gasteiger partial charge in [0.2, 0.25) is 0 Å². The molecule has 52 heavy (non-hydrogen) atoms. The molecule has 0 atom stereocenters. The second-order valence-corrected chi connectivity index (χ2v) is 15.4. The molecule has 0 radical (unpaired) electrons. The highest BCUT2D eigenvalue weighted by atomic mass is 14.7. The third-order valence-corrected chi connectivity index (χ3v) is 11.9. The summed E-state index contributed by atoms with van der Waals surface area (Å²) in [6, 6.07) is 55.1. The van der Waals surface area contributed by atoms with E-state index >= 15 is 0 Å². The van der Waals surface area contributed by atoms with Crippen molar-refractivity contribution in [1.29, 1.82) is 5.26 Å². The maximum Gasteiger partial charge on any atom is 0.0998 e. The Bertz CT molecular complexity index is 2860. The SMILES string of the molecule is CC1(C)c2ccccc2-c2ccc(-c3cc4c(-c5ccc6c(c5)C(C)(C)c5ccccc5-6)cc(-c5ccccc5C#N)nc4c4ccccc34)cc21. The fourth-order valence-corrected chi connectivity index (χ4v) is 9.22. The quantitative estimate of drug-likeness (QED) is 0.176. The monoisotopic (exact) mass is 664 g/mol. The van der Waals surface area contributed by atoms with Crippen LogP contribution in [0.15, 0.2) is 146 Å². The summed E-state index contributed by atoms with van der Waals surface area (Å²) in [7, 11) is 0. The van der Waals surface area contributed by atoms with E-state index in [1.54, 1.807) is 0 Å². The molecule has 8 aromatic rings. The maximum atomic E-state index is 10.1. The number of pyridine rings is 1. The van der Waals surface area contributed by atoms with Gasteiger partial charge >= 0.3 is 0 Å². The van der Waals surface area contributed by atoms with Crippen LogP contribution in [0.3, 0.4) is 0 Å². The normalized spacial score (nSPS) is 14.4. The number of hydrogen-bond donors (Lipinski definition) is 0. The molecule has 0 N–H and O–H groups in total. The number of rotatable bonds is 3. The van der Waals surface area contributed by atoms with Crippen molar-refractivity contribution in [2.24, 2.45) is 0 Å². The smallest absolute Gasteiger partial charge is 0.0998 e. The van der Waals surface area contributed by atoms with Crippen LogP contribution in [0.2, 0.25) is 0 Å². The van der Waals surface area contributed by atoms with E-state index in [4.69, 9.17) is 4.98 Å². The molecule has 2 aliphatic carbocycles. The lowest BCUT2D eigenvalue weighted by molar-refractivity contribution is 0.660. The second-order valence-electron chi connectivity index (χ2n) is 15.4. The van der Waals surface area contributed by atoms with Crippen molar-refractivity contribution in [3.05, 3.63) is 173 Å². The number of nitrogens with zero attached hydrogens (tertiary/aromatic N) is 2. The Morgan fingerprint density at radius 2 is 0.904 bits per heavy atom. The van der Waals surface area contributed by atoms with Crippen molar-refractivity contribution >= 4 is 21.7 Å². The molecule has 1 heterocycles. The molecule has 0 aliphatic heterocycles. The molecule has 2 nitrogen and oxygen atoms in total. The van der Waals surface area contributed by atoms with Crippen LogP contribution in [0, 0.1) is 11.3 Å². The number of nitriles is 1. The average Bonchev–Trinajstić information content (AvgIpc) is 3.56. The van der Waals surface area contributed by atoms with Crippen LogP contribution in [-0.2, 0) is 10.8 Å². The van der Waals surface area contributed by atoms with Crippen LogP contribution in [-0.4, -0.2) is 4.98 Å². The van der Waals surface area contributed by atoms with E-state index in [1.165, 1.54) is 55.6 Å². The molecule has 246 valence electrons. The first-order valence-corrected chi connectivity index (χ1v) is 18.1. The minimum absolute atomic E-state index is 0.0981. The van der Waals surface area contributed by atoms with Gasteiger partial charge in [-0.1, -0.05) is 143 Å². The molecule has 0 saturated heterocycles. The molecule has 0 saturated carbocycles. The summed E-state index contributed by atoms with van der Waals surface area (Å²) in [6.07, 6.45) is 0. The summed E-state index contributed by atoms with van der Waals surface area (Å²) in [4.78, 5) is 5.39. The van der Waals surface area contributed by atoms with Crippen LogP contribution in [0.1, 0.15) is 55.5 Å². The first-order chi connectivity index (χ1) is 25.3. The second kappa shape index (κ2) is 10.8. The van der Waals surface area contributed by atoms with E-state index in [1.807, 2.05) is 24.3 Å². The van der Waals surface area contributed by atoms with Gasteiger partial charge < -0.3 is 0 Å². The molecule has 10 rings (SSSR count). The van der Waals surface area contributed by atoms with Gasteiger partial charge in [0.15, 0.2) is 0 Å².